The van der Waals surface area contributed by atoms with E-state index in [9.17, 15) is 0 Å². The van der Waals surface area contributed by atoms with Crippen LogP contribution in [0.15, 0.2) is 0 Å². The predicted octanol–water partition coefficient (Wildman–Crippen LogP) is 3.03. The number of fused-ring (bicyclic) bond motifs is 1. The van der Waals surface area contributed by atoms with Crippen molar-refractivity contribution in [3.05, 3.63) is 0 Å². The highest BCUT2D eigenvalue weighted by molar-refractivity contribution is 4.88. The minimum atomic E-state index is 0.811. The van der Waals surface area contributed by atoms with Crippen LogP contribution < -0.4 is 5.32 Å². The summed E-state index contributed by atoms with van der Waals surface area (Å²) in [7, 11) is 2.25. The quantitative estimate of drug-likeness (QED) is 0.810. The van der Waals surface area contributed by atoms with E-state index in [0.29, 0.717) is 0 Å². The molecule has 2 heteroatoms. The molecule has 104 valence electrons. The number of nitrogens with one attached hydrogen (secondary N) is 1. The average Bonchev–Trinajstić information content (AvgIpc) is 2.41. The van der Waals surface area contributed by atoms with E-state index in [0.717, 1.165) is 23.9 Å². The number of hydrogen-bond donors (Lipinski definition) is 1. The first-order chi connectivity index (χ1) is 8.81. The monoisotopic (exact) mass is 250 g/mol. The Balaban J connectivity index is 1.46. The largest absolute Gasteiger partial charge is 0.311 e. The summed E-state index contributed by atoms with van der Waals surface area (Å²) in [5, 5.41) is 3.98. The molecule has 0 amide bonds. The molecule has 0 bridgehead atoms. The second kappa shape index (κ2) is 5.92. The number of rotatable bonds is 2. The first-order valence-corrected chi connectivity index (χ1v) is 8.26. The molecule has 1 aliphatic heterocycles. The van der Waals surface area contributed by atoms with Crippen molar-refractivity contribution >= 4 is 0 Å². The molecule has 1 N–H and O–H groups in total. The van der Waals surface area contributed by atoms with Crippen molar-refractivity contribution in [2.45, 2.75) is 69.9 Å². The van der Waals surface area contributed by atoms with Crippen LogP contribution in [0.4, 0.5) is 0 Å². The second-order valence-corrected chi connectivity index (χ2v) is 7.06. The molecule has 3 atom stereocenters. The number of nitrogens with zero attached hydrogens (tertiary/aromatic N) is 1. The summed E-state index contributed by atoms with van der Waals surface area (Å²) in [6, 6.07) is 1.66. The van der Waals surface area contributed by atoms with Gasteiger partial charge in [-0.15, -0.1) is 0 Å². The van der Waals surface area contributed by atoms with E-state index in [1.54, 1.807) is 0 Å². The van der Waals surface area contributed by atoms with Gasteiger partial charge in [0.2, 0.25) is 0 Å². The van der Waals surface area contributed by atoms with Crippen LogP contribution in [0.1, 0.15) is 57.8 Å². The van der Waals surface area contributed by atoms with Crippen molar-refractivity contribution in [2.75, 3.05) is 20.1 Å². The van der Waals surface area contributed by atoms with Gasteiger partial charge >= 0.3 is 0 Å². The molecular weight excluding hydrogens is 220 g/mol. The Kier molecular flexibility index (Phi) is 4.25. The van der Waals surface area contributed by atoms with E-state index in [-0.39, 0.29) is 0 Å². The third-order valence-corrected chi connectivity index (χ3v) is 5.73. The first kappa shape index (κ1) is 12.9. The number of piperidine rings is 1. The fourth-order valence-corrected chi connectivity index (χ4v) is 4.53. The van der Waals surface area contributed by atoms with Gasteiger partial charge in [-0.3, -0.25) is 0 Å². The Morgan fingerprint density at radius 2 is 1.50 bits per heavy atom. The fourth-order valence-electron chi connectivity index (χ4n) is 4.53. The van der Waals surface area contributed by atoms with Crippen LogP contribution >= 0.6 is 0 Å². The zero-order valence-electron chi connectivity index (χ0n) is 12.0. The molecule has 1 heterocycles. The van der Waals surface area contributed by atoms with Crippen LogP contribution in [0.3, 0.4) is 0 Å². The van der Waals surface area contributed by atoms with Crippen LogP contribution in [-0.4, -0.2) is 37.1 Å². The molecule has 3 fully saturated rings. The Morgan fingerprint density at radius 1 is 0.778 bits per heavy atom. The molecule has 3 rings (SSSR count). The van der Waals surface area contributed by atoms with Crippen molar-refractivity contribution in [1.82, 2.24) is 10.2 Å². The molecule has 3 unspecified atom stereocenters. The Bertz CT molecular complexity index is 258. The molecule has 0 aromatic carbocycles. The maximum Gasteiger partial charge on any atom is 0.00939 e. The van der Waals surface area contributed by atoms with E-state index in [1.807, 2.05) is 0 Å². The van der Waals surface area contributed by atoms with Crippen molar-refractivity contribution in [3.8, 4) is 0 Å². The molecule has 1 saturated heterocycles. The molecule has 0 spiro atoms. The minimum absolute atomic E-state index is 0.811. The van der Waals surface area contributed by atoms with E-state index in [4.69, 9.17) is 0 Å². The van der Waals surface area contributed by atoms with Gasteiger partial charge in [0, 0.05) is 12.1 Å². The smallest absolute Gasteiger partial charge is 0.00939 e. The zero-order chi connectivity index (χ0) is 12.4. The predicted molar refractivity (Wildman–Crippen MR) is 76.7 cm³/mol. The molecule has 0 aromatic heterocycles. The maximum atomic E-state index is 3.98. The Labute approximate surface area is 113 Å². The lowest BCUT2D eigenvalue weighted by Gasteiger charge is -2.41. The van der Waals surface area contributed by atoms with Gasteiger partial charge in [-0.2, -0.15) is 0 Å². The second-order valence-electron chi connectivity index (χ2n) is 7.06. The number of hydrogen-bond acceptors (Lipinski definition) is 2. The Hall–Kier alpha value is -0.0800. The van der Waals surface area contributed by atoms with Gasteiger partial charge in [0.15, 0.2) is 0 Å². The van der Waals surface area contributed by atoms with Crippen molar-refractivity contribution in [2.24, 2.45) is 11.8 Å². The lowest BCUT2D eigenvalue weighted by atomic mass is 9.69. The highest BCUT2D eigenvalue weighted by Crippen LogP contribution is 2.40. The topological polar surface area (TPSA) is 15.3 Å². The molecule has 2 aliphatic carbocycles. The van der Waals surface area contributed by atoms with Gasteiger partial charge in [-0.05, 0) is 64.1 Å². The zero-order valence-corrected chi connectivity index (χ0v) is 12.0. The molecule has 0 aromatic rings. The summed E-state index contributed by atoms with van der Waals surface area (Å²) in [6.45, 7) is 2.58. The summed E-state index contributed by atoms with van der Waals surface area (Å²) in [4.78, 5) is 2.47. The van der Waals surface area contributed by atoms with Crippen molar-refractivity contribution < 1.29 is 0 Å². The van der Waals surface area contributed by atoms with Gasteiger partial charge in [-0.1, -0.05) is 25.7 Å². The molecule has 0 radical (unpaired) electrons. The van der Waals surface area contributed by atoms with Crippen LogP contribution in [0.25, 0.3) is 0 Å². The maximum absolute atomic E-state index is 3.98. The standard InChI is InChI=1S/C16H30N2/c1-18-10-8-15(9-11-18)17-16-7-6-13-4-2-3-5-14(13)12-16/h13-17H,2-12H2,1H3. The van der Waals surface area contributed by atoms with Gasteiger partial charge < -0.3 is 10.2 Å². The van der Waals surface area contributed by atoms with Gasteiger partial charge in [0.1, 0.15) is 0 Å². The lowest BCUT2D eigenvalue weighted by molar-refractivity contribution is 0.129. The third-order valence-electron chi connectivity index (χ3n) is 5.73. The summed E-state index contributed by atoms with van der Waals surface area (Å²) >= 11 is 0. The van der Waals surface area contributed by atoms with E-state index >= 15 is 0 Å². The third kappa shape index (κ3) is 3.08. The van der Waals surface area contributed by atoms with Gasteiger partial charge in [0.05, 0.1) is 0 Å². The van der Waals surface area contributed by atoms with Crippen LogP contribution in [0.2, 0.25) is 0 Å². The molecule has 2 saturated carbocycles. The van der Waals surface area contributed by atoms with Crippen LogP contribution in [0, 0.1) is 11.8 Å². The van der Waals surface area contributed by atoms with Crippen LogP contribution in [-0.2, 0) is 0 Å². The summed E-state index contributed by atoms with van der Waals surface area (Å²) in [5.41, 5.74) is 0. The summed E-state index contributed by atoms with van der Waals surface area (Å²) in [5.74, 6) is 2.16. The van der Waals surface area contributed by atoms with Crippen LogP contribution in [0.5, 0.6) is 0 Å². The van der Waals surface area contributed by atoms with Crippen molar-refractivity contribution in [3.63, 3.8) is 0 Å². The van der Waals surface area contributed by atoms with Crippen molar-refractivity contribution in [1.29, 1.82) is 0 Å². The summed E-state index contributed by atoms with van der Waals surface area (Å²) < 4.78 is 0. The number of likely N-dealkylation sites (tertiary alicyclic amines) is 1. The van der Waals surface area contributed by atoms with Gasteiger partial charge in [0.25, 0.3) is 0 Å². The molecule has 3 aliphatic rings. The Morgan fingerprint density at radius 3 is 2.28 bits per heavy atom. The lowest BCUT2D eigenvalue weighted by Crippen LogP contribution is -2.47. The SMILES string of the molecule is CN1CCC(NC2CCC3CCCCC3C2)CC1. The van der Waals surface area contributed by atoms with Gasteiger partial charge in [-0.25, -0.2) is 0 Å². The molecule has 18 heavy (non-hydrogen) atoms. The minimum Gasteiger partial charge on any atom is -0.311 e. The fraction of sp³-hybridized carbons (Fsp3) is 1.00. The molecule has 2 nitrogen and oxygen atoms in total. The molecular formula is C16H30N2. The average molecular weight is 250 g/mol. The highest BCUT2D eigenvalue weighted by Gasteiger charge is 2.33. The van der Waals surface area contributed by atoms with E-state index < -0.39 is 0 Å². The van der Waals surface area contributed by atoms with E-state index in [2.05, 4.69) is 17.3 Å². The highest BCUT2D eigenvalue weighted by atomic mass is 15.1. The first-order valence-electron chi connectivity index (χ1n) is 8.26. The normalized spacial score (nSPS) is 39.5. The summed E-state index contributed by atoms with van der Waals surface area (Å²) in [6.07, 6.45) is 13.2. The van der Waals surface area contributed by atoms with E-state index in [1.165, 1.54) is 70.9 Å².